The predicted molar refractivity (Wildman–Crippen MR) is 80.3 cm³/mol. The van der Waals surface area contributed by atoms with Crippen LogP contribution in [0.15, 0.2) is 0 Å². The Hall–Kier alpha value is -0.120. The van der Waals surface area contributed by atoms with Crippen LogP contribution in [0.4, 0.5) is 0 Å². The van der Waals surface area contributed by atoms with Crippen molar-refractivity contribution in [3.05, 3.63) is 0 Å². The van der Waals surface area contributed by atoms with Crippen LogP contribution in [0.5, 0.6) is 0 Å². The van der Waals surface area contributed by atoms with E-state index in [9.17, 15) is 0 Å². The molecule has 1 saturated heterocycles. The number of nitrogens with zero attached hydrogens (tertiary/aromatic N) is 2. The van der Waals surface area contributed by atoms with Gasteiger partial charge in [0.05, 0.1) is 0 Å². The molecular weight excluding hydrogens is 234 g/mol. The molecule has 3 aliphatic rings. The Labute approximate surface area is 118 Å². The smallest absolute Gasteiger partial charge is 0.0248 e. The first-order chi connectivity index (χ1) is 9.34. The molecule has 2 atom stereocenters. The standard InChI is InChI=1S/C16H31N3/c17-15-8-4-5-9-16(15)19-12-10-18(11-13-19)14-6-2-1-3-7-14/h14-16H,1-13,17H2/t15-,16?/m0/s1. The summed E-state index contributed by atoms with van der Waals surface area (Å²) in [7, 11) is 0. The van der Waals surface area contributed by atoms with Crippen LogP contribution < -0.4 is 5.73 Å². The highest BCUT2D eigenvalue weighted by Gasteiger charge is 2.31. The Morgan fingerprint density at radius 2 is 1.21 bits per heavy atom. The van der Waals surface area contributed by atoms with E-state index in [1.807, 2.05) is 0 Å². The highest BCUT2D eigenvalue weighted by Crippen LogP contribution is 2.26. The molecule has 2 aliphatic carbocycles. The van der Waals surface area contributed by atoms with E-state index in [4.69, 9.17) is 5.73 Å². The van der Waals surface area contributed by atoms with Crippen LogP contribution in [0.25, 0.3) is 0 Å². The Bertz CT molecular complexity index is 267. The van der Waals surface area contributed by atoms with Gasteiger partial charge in [0.15, 0.2) is 0 Å². The maximum absolute atomic E-state index is 6.33. The molecule has 1 unspecified atom stereocenters. The first-order valence-electron chi connectivity index (χ1n) is 8.58. The Morgan fingerprint density at radius 3 is 1.89 bits per heavy atom. The van der Waals surface area contributed by atoms with Gasteiger partial charge in [-0.25, -0.2) is 0 Å². The Morgan fingerprint density at radius 1 is 0.632 bits per heavy atom. The molecule has 19 heavy (non-hydrogen) atoms. The van der Waals surface area contributed by atoms with E-state index in [-0.39, 0.29) is 0 Å². The van der Waals surface area contributed by atoms with Crippen molar-refractivity contribution in [3.63, 3.8) is 0 Å². The second-order valence-corrected chi connectivity index (χ2v) is 6.88. The van der Waals surface area contributed by atoms with Crippen molar-refractivity contribution < 1.29 is 0 Å². The minimum Gasteiger partial charge on any atom is -0.326 e. The monoisotopic (exact) mass is 265 g/mol. The van der Waals surface area contributed by atoms with Gasteiger partial charge < -0.3 is 5.73 Å². The first-order valence-corrected chi connectivity index (χ1v) is 8.58. The summed E-state index contributed by atoms with van der Waals surface area (Å²) in [6.07, 6.45) is 12.6. The van der Waals surface area contributed by atoms with Gasteiger partial charge in [-0.15, -0.1) is 0 Å². The van der Waals surface area contributed by atoms with E-state index in [0.717, 1.165) is 6.04 Å². The molecular formula is C16H31N3. The zero-order valence-corrected chi connectivity index (χ0v) is 12.4. The third-order valence-electron chi connectivity index (χ3n) is 5.69. The lowest BCUT2D eigenvalue weighted by Crippen LogP contribution is -2.58. The zero-order chi connectivity index (χ0) is 13.1. The number of hydrogen-bond acceptors (Lipinski definition) is 3. The maximum Gasteiger partial charge on any atom is 0.0248 e. The number of hydrogen-bond donors (Lipinski definition) is 1. The van der Waals surface area contributed by atoms with E-state index in [1.54, 1.807) is 0 Å². The molecule has 0 spiro atoms. The fraction of sp³-hybridized carbons (Fsp3) is 1.00. The third kappa shape index (κ3) is 3.32. The lowest BCUT2D eigenvalue weighted by Gasteiger charge is -2.45. The molecule has 0 aromatic carbocycles. The van der Waals surface area contributed by atoms with Crippen molar-refractivity contribution in [3.8, 4) is 0 Å². The molecule has 3 rings (SSSR count). The largest absolute Gasteiger partial charge is 0.326 e. The van der Waals surface area contributed by atoms with Gasteiger partial charge in [0, 0.05) is 44.3 Å². The summed E-state index contributed by atoms with van der Waals surface area (Å²) >= 11 is 0. The summed E-state index contributed by atoms with van der Waals surface area (Å²) in [5.74, 6) is 0. The predicted octanol–water partition coefficient (Wildman–Crippen LogP) is 2.21. The van der Waals surface area contributed by atoms with Gasteiger partial charge >= 0.3 is 0 Å². The molecule has 3 fully saturated rings. The molecule has 0 aromatic rings. The average molecular weight is 265 g/mol. The van der Waals surface area contributed by atoms with E-state index in [0.29, 0.717) is 12.1 Å². The lowest BCUT2D eigenvalue weighted by atomic mass is 9.89. The average Bonchev–Trinajstić information content (AvgIpc) is 2.49. The summed E-state index contributed by atoms with van der Waals surface area (Å²) < 4.78 is 0. The van der Waals surface area contributed by atoms with E-state index in [1.165, 1.54) is 84.0 Å². The normalized spacial score (nSPS) is 36.5. The molecule has 0 bridgehead atoms. The van der Waals surface area contributed by atoms with Crippen LogP contribution in [0.2, 0.25) is 0 Å². The van der Waals surface area contributed by atoms with Crippen molar-refractivity contribution in [2.24, 2.45) is 5.73 Å². The number of rotatable bonds is 2. The van der Waals surface area contributed by atoms with Crippen LogP contribution >= 0.6 is 0 Å². The van der Waals surface area contributed by atoms with Gasteiger partial charge in [-0.1, -0.05) is 32.1 Å². The Balaban J connectivity index is 1.48. The van der Waals surface area contributed by atoms with Crippen molar-refractivity contribution in [1.82, 2.24) is 9.80 Å². The highest BCUT2D eigenvalue weighted by molar-refractivity contribution is 4.89. The molecule has 2 N–H and O–H groups in total. The topological polar surface area (TPSA) is 32.5 Å². The van der Waals surface area contributed by atoms with Gasteiger partial charge in [-0.2, -0.15) is 0 Å². The fourth-order valence-corrected chi connectivity index (χ4v) is 4.47. The highest BCUT2D eigenvalue weighted by atomic mass is 15.3. The van der Waals surface area contributed by atoms with Crippen molar-refractivity contribution in [2.45, 2.75) is 75.9 Å². The van der Waals surface area contributed by atoms with Crippen molar-refractivity contribution >= 4 is 0 Å². The minimum atomic E-state index is 0.440. The molecule has 0 radical (unpaired) electrons. The number of piperazine rings is 1. The van der Waals surface area contributed by atoms with E-state index in [2.05, 4.69) is 9.80 Å². The van der Waals surface area contributed by atoms with E-state index >= 15 is 0 Å². The molecule has 0 aromatic heterocycles. The first kappa shape index (κ1) is 13.8. The molecule has 3 nitrogen and oxygen atoms in total. The SMILES string of the molecule is N[C@H]1CCCCC1N1CCN(C2CCCCC2)CC1. The quantitative estimate of drug-likeness (QED) is 0.831. The zero-order valence-electron chi connectivity index (χ0n) is 12.4. The summed E-state index contributed by atoms with van der Waals surface area (Å²) in [6.45, 7) is 5.09. The second-order valence-electron chi connectivity index (χ2n) is 6.88. The summed E-state index contributed by atoms with van der Waals surface area (Å²) in [4.78, 5) is 5.47. The van der Waals surface area contributed by atoms with Crippen LogP contribution in [-0.4, -0.2) is 54.1 Å². The molecule has 1 heterocycles. The molecule has 2 saturated carbocycles. The van der Waals surface area contributed by atoms with Gasteiger partial charge in [0.1, 0.15) is 0 Å². The summed E-state index contributed by atoms with van der Waals surface area (Å²) in [5.41, 5.74) is 6.33. The molecule has 1 aliphatic heterocycles. The maximum atomic E-state index is 6.33. The molecule has 110 valence electrons. The fourth-order valence-electron chi connectivity index (χ4n) is 4.47. The summed E-state index contributed by atoms with van der Waals surface area (Å²) in [5, 5.41) is 0. The van der Waals surface area contributed by atoms with Crippen LogP contribution in [0.3, 0.4) is 0 Å². The lowest BCUT2D eigenvalue weighted by molar-refractivity contribution is 0.0401. The van der Waals surface area contributed by atoms with Gasteiger partial charge in [-0.3, -0.25) is 9.80 Å². The minimum absolute atomic E-state index is 0.440. The van der Waals surface area contributed by atoms with Crippen LogP contribution in [-0.2, 0) is 0 Å². The van der Waals surface area contributed by atoms with Crippen LogP contribution in [0, 0.1) is 0 Å². The van der Waals surface area contributed by atoms with Crippen molar-refractivity contribution in [1.29, 1.82) is 0 Å². The summed E-state index contributed by atoms with van der Waals surface area (Å²) in [6, 6.07) is 2.02. The molecule has 3 heteroatoms. The third-order valence-corrected chi connectivity index (χ3v) is 5.69. The van der Waals surface area contributed by atoms with Gasteiger partial charge in [0.2, 0.25) is 0 Å². The Kier molecular flexibility index (Phi) is 4.78. The number of nitrogens with two attached hydrogens (primary N) is 1. The van der Waals surface area contributed by atoms with Crippen molar-refractivity contribution in [2.75, 3.05) is 26.2 Å². The van der Waals surface area contributed by atoms with Crippen LogP contribution in [0.1, 0.15) is 57.8 Å². The second kappa shape index (κ2) is 6.55. The van der Waals surface area contributed by atoms with Gasteiger partial charge in [0.25, 0.3) is 0 Å². The molecule has 0 amide bonds. The van der Waals surface area contributed by atoms with E-state index < -0.39 is 0 Å². The van der Waals surface area contributed by atoms with Gasteiger partial charge in [-0.05, 0) is 25.7 Å².